The zero-order chi connectivity index (χ0) is 66.3. The second-order valence-electron chi connectivity index (χ2n) is 28.3. The molecule has 1 aliphatic heterocycles. The van der Waals surface area contributed by atoms with Crippen molar-refractivity contribution in [2.24, 2.45) is 22.7 Å². The first-order valence-electron chi connectivity index (χ1n) is 33.1. The quantitative estimate of drug-likeness (QED) is 0.0515. The lowest BCUT2D eigenvalue weighted by atomic mass is 9.81. The number of rotatable bonds is 22. The van der Waals surface area contributed by atoms with Crippen molar-refractivity contribution >= 4 is 83.9 Å². The van der Waals surface area contributed by atoms with Gasteiger partial charge in [0.1, 0.15) is 17.2 Å². The molecule has 478 valence electrons. The average Bonchev–Trinajstić information content (AvgIpc) is 1.58. The molecule has 94 heavy (non-hydrogen) atoms. The molecular weight excluding hydrogens is 1180 g/mol. The summed E-state index contributed by atoms with van der Waals surface area (Å²) in [5, 5.41) is -0.00448. The van der Waals surface area contributed by atoms with E-state index in [4.69, 9.17) is 19.2 Å². The predicted octanol–water partition coefficient (Wildman–Crippen LogP) is 21.7. The first-order chi connectivity index (χ1) is 44.9. The van der Waals surface area contributed by atoms with Crippen molar-refractivity contribution in [1.82, 2.24) is 0 Å². The number of ether oxygens (including phenoxy) is 3. The number of hydrogen-bond acceptors (Lipinski definition) is 6. The van der Waals surface area contributed by atoms with E-state index in [1.807, 2.05) is 32.1 Å². The summed E-state index contributed by atoms with van der Waals surface area (Å²) < 4.78 is 31.7. The van der Waals surface area contributed by atoms with E-state index < -0.39 is 13.0 Å². The highest BCUT2D eigenvalue weighted by atomic mass is 31.2. The number of aliphatic imine (C=N–C) groups is 1. The molecule has 0 fully saturated rings. The van der Waals surface area contributed by atoms with Crippen LogP contribution in [0.4, 0.5) is 22.7 Å². The molecule has 0 spiro atoms. The summed E-state index contributed by atoms with van der Waals surface area (Å²) >= 11 is 0. The number of benzene rings is 9. The molecule has 9 heteroatoms. The number of fused-ring (bicyclic) bond motifs is 7. The van der Waals surface area contributed by atoms with Crippen LogP contribution in [0.1, 0.15) is 156 Å². The van der Waals surface area contributed by atoms with Crippen molar-refractivity contribution in [3.63, 3.8) is 0 Å². The fourth-order valence-corrected chi connectivity index (χ4v) is 13.8. The molecule has 2 N–H and O–H groups in total. The zero-order valence-electron chi connectivity index (χ0n) is 56.4. The summed E-state index contributed by atoms with van der Waals surface area (Å²) in [5.41, 5.74) is 22.5. The topological polar surface area (TPSA) is 101 Å². The molecule has 3 aliphatic rings. The summed E-state index contributed by atoms with van der Waals surface area (Å²) in [6.07, 6.45) is 17.7. The van der Waals surface area contributed by atoms with Crippen LogP contribution in [0.5, 0.6) is 17.2 Å². The van der Waals surface area contributed by atoms with Crippen LogP contribution in [-0.4, -0.2) is 35.3 Å². The molecule has 0 unspecified atom stereocenters. The van der Waals surface area contributed by atoms with Gasteiger partial charge in [0.2, 0.25) is 0 Å². The highest BCUT2D eigenvalue weighted by molar-refractivity contribution is 7.60. The number of anilines is 3. The van der Waals surface area contributed by atoms with Crippen LogP contribution in [0.3, 0.4) is 0 Å². The Kier molecular flexibility index (Phi) is 18.3. The van der Waals surface area contributed by atoms with E-state index in [1.165, 1.54) is 50.6 Å². The van der Waals surface area contributed by atoms with Gasteiger partial charge in [-0.25, -0.2) is 0 Å². The Balaban J connectivity index is 0.794. The van der Waals surface area contributed by atoms with Crippen molar-refractivity contribution in [3.05, 3.63) is 255 Å². The van der Waals surface area contributed by atoms with Crippen LogP contribution in [-0.2, 0) is 20.8 Å². The van der Waals surface area contributed by atoms with Gasteiger partial charge in [-0.15, -0.1) is 0 Å². The summed E-state index contributed by atoms with van der Waals surface area (Å²) in [5.74, 6) is 3.55. The lowest BCUT2D eigenvalue weighted by Gasteiger charge is -2.29. The Bertz CT molecular complexity index is 4550. The van der Waals surface area contributed by atoms with E-state index in [0.29, 0.717) is 43.3 Å². The van der Waals surface area contributed by atoms with E-state index in [2.05, 4.69) is 268 Å². The van der Waals surface area contributed by atoms with E-state index in [1.54, 1.807) is 12.1 Å². The van der Waals surface area contributed by atoms with Crippen LogP contribution in [0.15, 0.2) is 193 Å². The molecule has 9 aromatic carbocycles. The SMILES string of the molecule is CC(C)CCOc1cc(/C=C/c2ccc(/C=C/c3ccc(/C=C/C4=Nc5ccc(P(=O)(O)O)cc5C4(C)C)cc3OCC(C)C)cc2OCC(C)C)ccc1/C=C/c1ccc(N(c2ccc3c(c2)-c2ccccc2C3(C)C)c2ccc3c(c2)C(C)(C)c2ccccc2-3)cc1. The van der Waals surface area contributed by atoms with Gasteiger partial charge < -0.3 is 28.9 Å². The first-order valence-corrected chi connectivity index (χ1v) is 34.8. The normalized spacial score (nSPS) is 14.9. The minimum atomic E-state index is -4.41. The van der Waals surface area contributed by atoms with Gasteiger partial charge in [0.25, 0.3) is 0 Å². The van der Waals surface area contributed by atoms with Gasteiger partial charge in [-0.05, 0) is 175 Å². The van der Waals surface area contributed by atoms with Crippen molar-refractivity contribution in [2.45, 2.75) is 106 Å². The molecule has 1 heterocycles. The number of hydrogen-bond donors (Lipinski definition) is 2. The van der Waals surface area contributed by atoms with Crippen LogP contribution >= 0.6 is 7.60 Å². The molecular formula is C85H87N2O6P. The lowest BCUT2D eigenvalue weighted by Crippen LogP contribution is -2.24. The number of nitrogens with zero attached hydrogens (tertiary/aromatic N) is 2. The summed E-state index contributed by atoms with van der Waals surface area (Å²) in [4.78, 5) is 27.0. The van der Waals surface area contributed by atoms with Crippen molar-refractivity contribution < 1.29 is 28.6 Å². The minimum absolute atomic E-state index is 0.00448. The lowest BCUT2D eigenvalue weighted by molar-refractivity contribution is 0.270. The average molecular weight is 1260 g/mol. The third kappa shape index (κ3) is 13.5. The maximum atomic E-state index is 12.1. The molecule has 0 aromatic heterocycles. The van der Waals surface area contributed by atoms with E-state index in [9.17, 15) is 14.4 Å². The monoisotopic (exact) mass is 1260 g/mol. The Labute approximate surface area is 556 Å². The predicted molar refractivity (Wildman–Crippen MR) is 395 cm³/mol. The van der Waals surface area contributed by atoms with Gasteiger partial charge in [0.15, 0.2) is 0 Å². The van der Waals surface area contributed by atoms with Gasteiger partial charge >= 0.3 is 7.60 Å². The maximum Gasteiger partial charge on any atom is 0.356 e. The fourth-order valence-electron chi connectivity index (χ4n) is 13.2. The van der Waals surface area contributed by atoms with Gasteiger partial charge in [-0.2, -0.15) is 0 Å². The van der Waals surface area contributed by atoms with E-state index in [-0.39, 0.29) is 16.1 Å². The molecule has 0 amide bonds. The Morgan fingerprint density at radius 1 is 0.415 bits per heavy atom. The third-order valence-electron chi connectivity index (χ3n) is 18.7. The van der Waals surface area contributed by atoms with Crippen LogP contribution in [0.25, 0.3) is 64.8 Å². The first kappa shape index (κ1) is 65.0. The standard InChI is InChI=1S/C85H87N2O6P/c1-55(2)45-46-91-79-47-59(23-32-63-33-24-60(48-80(63)92-53-56(3)4)25-34-64-35-26-61(49-81(64)93-54-57(5)6)29-44-82-85(11,12)77-52-68(94(88,89)90)40-43-78(77)86-82)22-31-62(79)30-21-58-27-36-65(37-28-58)87(66-39-42-75-72(50-66)70-18-14-16-20-74(70)83(75,7)8)67-38-41-71-69-17-13-15-19-73(69)84(9,10)76(71)51-67/h13-44,47-52,55-57H,45-46,53-54H2,1-12H3,(H2,88,89,90)/b30-21+,32-23+,34-25+,44-29+. The Morgan fingerprint density at radius 2 is 0.872 bits per heavy atom. The molecule has 0 saturated carbocycles. The van der Waals surface area contributed by atoms with Crippen molar-refractivity contribution in [3.8, 4) is 39.5 Å². The third-order valence-corrected chi connectivity index (χ3v) is 19.6. The molecule has 0 radical (unpaired) electrons. The summed E-state index contributed by atoms with van der Waals surface area (Å²) in [6, 6.07) is 64.5. The largest absolute Gasteiger partial charge is 0.493 e. The van der Waals surface area contributed by atoms with E-state index in [0.717, 1.165) is 91.0 Å². The van der Waals surface area contributed by atoms with Crippen molar-refractivity contribution in [2.75, 3.05) is 24.7 Å². The smallest absolute Gasteiger partial charge is 0.356 e. The van der Waals surface area contributed by atoms with Gasteiger partial charge in [-0.3, -0.25) is 9.56 Å². The highest BCUT2D eigenvalue weighted by Gasteiger charge is 2.39. The van der Waals surface area contributed by atoms with E-state index >= 15 is 0 Å². The Hall–Kier alpha value is -9.04. The number of allylic oxidation sites excluding steroid dienone is 1. The molecule has 0 atom stereocenters. The maximum absolute atomic E-state index is 12.1. The fraction of sp³-hybridized carbons (Fsp3) is 0.259. The summed E-state index contributed by atoms with van der Waals surface area (Å²) in [6.45, 7) is 28.2. The van der Waals surface area contributed by atoms with Crippen LogP contribution in [0.2, 0.25) is 0 Å². The molecule has 12 rings (SSSR count). The van der Waals surface area contributed by atoms with Gasteiger partial charge in [-0.1, -0.05) is 235 Å². The molecule has 0 bridgehead atoms. The van der Waals surface area contributed by atoms with Gasteiger partial charge in [0, 0.05) is 50.0 Å². The second kappa shape index (κ2) is 26.4. The second-order valence-corrected chi connectivity index (χ2v) is 29.9. The van der Waals surface area contributed by atoms with Crippen LogP contribution < -0.4 is 24.4 Å². The van der Waals surface area contributed by atoms with Crippen LogP contribution in [0, 0.1) is 17.8 Å². The van der Waals surface area contributed by atoms with Gasteiger partial charge in [0.05, 0.1) is 36.5 Å². The molecule has 2 aliphatic carbocycles. The molecule has 9 aromatic rings. The highest BCUT2D eigenvalue weighted by Crippen LogP contribution is 2.53. The molecule has 0 saturated heterocycles. The Morgan fingerprint density at radius 3 is 1.43 bits per heavy atom. The zero-order valence-corrected chi connectivity index (χ0v) is 57.3. The molecule has 8 nitrogen and oxygen atoms in total. The minimum Gasteiger partial charge on any atom is -0.493 e. The van der Waals surface area contributed by atoms with Crippen molar-refractivity contribution in [1.29, 1.82) is 0 Å². The summed E-state index contributed by atoms with van der Waals surface area (Å²) in [7, 11) is -4.41.